The SMILES string of the molecule is CC(Cl)Cl.CCC(F)(Cl)Cl. The van der Waals surface area contributed by atoms with Crippen molar-refractivity contribution in [3.05, 3.63) is 0 Å². The van der Waals surface area contributed by atoms with Crippen molar-refractivity contribution in [2.75, 3.05) is 0 Å². The molecule has 64 valence electrons. The molecule has 0 aromatic carbocycles. The van der Waals surface area contributed by atoms with Crippen molar-refractivity contribution in [3.8, 4) is 0 Å². The molecular weight excluding hydrogens is 221 g/mol. The summed E-state index contributed by atoms with van der Waals surface area (Å²) in [6.07, 6.45) is 0.135. The highest BCUT2D eigenvalue weighted by Gasteiger charge is 2.16. The molecule has 0 bridgehead atoms. The van der Waals surface area contributed by atoms with Gasteiger partial charge in [0.1, 0.15) is 4.84 Å². The van der Waals surface area contributed by atoms with Crippen molar-refractivity contribution in [1.29, 1.82) is 0 Å². The molecule has 0 amide bonds. The van der Waals surface area contributed by atoms with Crippen LogP contribution < -0.4 is 0 Å². The summed E-state index contributed by atoms with van der Waals surface area (Å²) in [6, 6.07) is 0. The van der Waals surface area contributed by atoms with Gasteiger partial charge in [-0.1, -0.05) is 30.1 Å². The van der Waals surface area contributed by atoms with Crippen molar-refractivity contribution in [1.82, 2.24) is 0 Å². The number of hydrogen-bond acceptors (Lipinski definition) is 0. The molecule has 0 unspecified atom stereocenters. The molecule has 0 fully saturated rings. The maximum atomic E-state index is 11.6. The molecule has 0 heterocycles. The second kappa shape index (κ2) is 6.78. The van der Waals surface area contributed by atoms with Gasteiger partial charge in [0.2, 0.25) is 0 Å². The molecule has 0 nitrogen and oxygen atoms in total. The third kappa shape index (κ3) is 35.6. The molecule has 5 heteroatoms. The molecular formula is C5H9Cl4F. The van der Waals surface area contributed by atoms with Crippen LogP contribution in [-0.4, -0.2) is 9.42 Å². The monoisotopic (exact) mass is 228 g/mol. The molecule has 0 saturated carbocycles. The molecule has 0 radical (unpaired) electrons. The van der Waals surface area contributed by atoms with Crippen molar-refractivity contribution in [2.24, 2.45) is 0 Å². The molecule has 0 spiro atoms. The van der Waals surface area contributed by atoms with Gasteiger partial charge in [0, 0.05) is 6.42 Å². The fourth-order valence-electron chi connectivity index (χ4n) is 0. The van der Waals surface area contributed by atoms with Crippen LogP contribution in [0.5, 0.6) is 0 Å². The lowest BCUT2D eigenvalue weighted by Gasteiger charge is -2.00. The normalized spacial score (nSPS) is 10.8. The third-order valence-corrected chi connectivity index (χ3v) is 0.935. The van der Waals surface area contributed by atoms with Gasteiger partial charge < -0.3 is 0 Å². The van der Waals surface area contributed by atoms with E-state index in [9.17, 15) is 4.39 Å². The maximum Gasteiger partial charge on any atom is 0.257 e. The largest absolute Gasteiger partial charge is 0.257 e. The molecule has 0 aliphatic carbocycles. The summed E-state index contributed by atoms with van der Waals surface area (Å²) in [5.74, 6) is 0. The minimum Gasteiger partial charge on any atom is -0.208 e. The number of rotatable bonds is 1. The van der Waals surface area contributed by atoms with Crippen LogP contribution in [-0.2, 0) is 0 Å². The van der Waals surface area contributed by atoms with E-state index in [1.807, 2.05) is 0 Å². The number of halogens is 5. The molecule has 0 aromatic rings. The average molecular weight is 230 g/mol. The van der Waals surface area contributed by atoms with Gasteiger partial charge in [0.05, 0.1) is 0 Å². The standard InChI is InChI=1S/C3H5Cl2F.C2H4Cl2/c1-2-3(4,5)6;1-2(3)4/h2H2,1H3;2H,1H3. The smallest absolute Gasteiger partial charge is 0.208 e. The van der Waals surface area contributed by atoms with Gasteiger partial charge in [-0.2, -0.15) is 0 Å². The summed E-state index contributed by atoms with van der Waals surface area (Å²) in [5.41, 5.74) is 0. The maximum absolute atomic E-state index is 11.6. The van der Waals surface area contributed by atoms with E-state index in [4.69, 9.17) is 46.4 Å². The Labute approximate surface area is 80.6 Å². The zero-order valence-corrected chi connectivity index (χ0v) is 8.70. The molecule has 0 rings (SSSR count). The zero-order valence-electron chi connectivity index (χ0n) is 5.67. The summed E-state index contributed by atoms with van der Waals surface area (Å²) in [5, 5.41) is 0. The lowest BCUT2D eigenvalue weighted by Crippen LogP contribution is -1.98. The lowest BCUT2D eigenvalue weighted by molar-refractivity contribution is 0.383. The van der Waals surface area contributed by atoms with Crippen LogP contribution in [0, 0.1) is 0 Å². The molecule has 0 aliphatic heterocycles. The highest BCUT2D eigenvalue weighted by Crippen LogP contribution is 2.25. The van der Waals surface area contributed by atoms with Crippen LogP contribution in [0.15, 0.2) is 0 Å². The minimum atomic E-state index is -2.01. The van der Waals surface area contributed by atoms with Gasteiger partial charge >= 0.3 is 0 Å². The van der Waals surface area contributed by atoms with Gasteiger partial charge in [-0.05, 0) is 6.92 Å². The Hall–Kier alpha value is 1.09. The van der Waals surface area contributed by atoms with Crippen molar-refractivity contribution in [3.63, 3.8) is 0 Å². The second-order valence-corrected chi connectivity index (χ2v) is 4.41. The highest BCUT2D eigenvalue weighted by atomic mass is 35.5. The van der Waals surface area contributed by atoms with E-state index in [1.165, 1.54) is 0 Å². The van der Waals surface area contributed by atoms with Crippen LogP contribution in [0.4, 0.5) is 4.39 Å². The summed E-state index contributed by atoms with van der Waals surface area (Å²) >= 11 is 19.7. The Kier molecular flexibility index (Phi) is 9.26. The first-order valence-electron chi connectivity index (χ1n) is 2.64. The van der Waals surface area contributed by atoms with Gasteiger partial charge in [-0.15, -0.1) is 23.2 Å². The first kappa shape index (κ1) is 13.7. The van der Waals surface area contributed by atoms with E-state index in [2.05, 4.69) is 0 Å². The highest BCUT2D eigenvalue weighted by molar-refractivity contribution is 6.47. The fraction of sp³-hybridized carbons (Fsp3) is 1.00. The molecule has 0 N–H and O–H groups in total. The molecule has 0 saturated heterocycles. The first-order valence-corrected chi connectivity index (χ1v) is 4.27. The topological polar surface area (TPSA) is 0 Å². The molecule has 10 heavy (non-hydrogen) atoms. The van der Waals surface area contributed by atoms with Crippen LogP contribution in [0.3, 0.4) is 0 Å². The second-order valence-electron chi connectivity index (χ2n) is 1.49. The molecule has 0 aliphatic rings. The Morgan fingerprint density at radius 2 is 1.50 bits per heavy atom. The summed E-state index contributed by atoms with van der Waals surface area (Å²) in [4.78, 5) is -0.222. The summed E-state index contributed by atoms with van der Waals surface area (Å²) in [7, 11) is 0. The van der Waals surface area contributed by atoms with E-state index in [1.54, 1.807) is 13.8 Å². The predicted octanol–water partition coefficient (Wildman–Crippen LogP) is 4.31. The van der Waals surface area contributed by atoms with Gasteiger partial charge in [-0.25, -0.2) is 4.39 Å². The average Bonchev–Trinajstić information content (AvgIpc) is 1.63. The van der Waals surface area contributed by atoms with E-state index in [0.717, 1.165) is 0 Å². The first-order chi connectivity index (χ1) is 4.29. The Morgan fingerprint density at radius 3 is 1.50 bits per heavy atom. The van der Waals surface area contributed by atoms with Crippen LogP contribution >= 0.6 is 46.4 Å². The Morgan fingerprint density at radius 1 is 1.40 bits per heavy atom. The lowest BCUT2D eigenvalue weighted by atomic mass is 10.5. The fourth-order valence-corrected chi connectivity index (χ4v) is 0. The predicted molar refractivity (Wildman–Crippen MR) is 47.0 cm³/mol. The van der Waals surface area contributed by atoms with Crippen LogP contribution in [0.25, 0.3) is 0 Å². The van der Waals surface area contributed by atoms with Gasteiger partial charge in [-0.3, -0.25) is 0 Å². The third-order valence-electron chi connectivity index (χ3n) is 0.401. The van der Waals surface area contributed by atoms with E-state index >= 15 is 0 Å². The van der Waals surface area contributed by atoms with Crippen LogP contribution in [0.2, 0.25) is 0 Å². The quantitative estimate of drug-likeness (QED) is 0.588. The Balaban J connectivity index is 0. The van der Waals surface area contributed by atoms with E-state index in [-0.39, 0.29) is 11.3 Å². The van der Waals surface area contributed by atoms with Gasteiger partial charge in [0.25, 0.3) is 4.59 Å². The summed E-state index contributed by atoms with van der Waals surface area (Å²) in [6.45, 7) is 3.27. The minimum absolute atomic E-state index is 0.135. The number of hydrogen-bond donors (Lipinski definition) is 0. The zero-order chi connectivity index (χ0) is 8.78. The Bertz CT molecular complexity index is 65.8. The van der Waals surface area contributed by atoms with Crippen molar-refractivity contribution < 1.29 is 4.39 Å². The number of alkyl halides is 5. The van der Waals surface area contributed by atoms with E-state index < -0.39 is 4.59 Å². The van der Waals surface area contributed by atoms with Crippen LogP contribution in [0.1, 0.15) is 20.3 Å². The molecule has 0 aromatic heterocycles. The molecule has 0 atom stereocenters. The van der Waals surface area contributed by atoms with Gasteiger partial charge in [0.15, 0.2) is 0 Å². The van der Waals surface area contributed by atoms with E-state index in [0.29, 0.717) is 0 Å². The van der Waals surface area contributed by atoms with Crippen molar-refractivity contribution >= 4 is 46.4 Å². The summed E-state index contributed by atoms with van der Waals surface area (Å²) < 4.78 is 9.64. The van der Waals surface area contributed by atoms with Crippen molar-refractivity contribution in [2.45, 2.75) is 29.7 Å².